The highest BCUT2D eigenvalue weighted by Crippen LogP contribution is 2.33. The molecule has 1 saturated carbocycles. The Morgan fingerprint density at radius 1 is 1.53 bits per heavy atom. The first-order chi connectivity index (χ1) is 9.01. The van der Waals surface area contributed by atoms with Crippen LogP contribution in [0.5, 0.6) is 0 Å². The van der Waals surface area contributed by atoms with Crippen molar-refractivity contribution in [2.75, 3.05) is 0 Å². The number of aryl methyl sites for hydroxylation is 1. The van der Waals surface area contributed by atoms with E-state index in [-0.39, 0.29) is 17.7 Å². The molecule has 1 aromatic carbocycles. The summed E-state index contributed by atoms with van der Waals surface area (Å²) >= 11 is 5.93. The second-order valence-electron chi connectivity index (χ2n) is 4.83. The second kappa shape index (κ2) is 5.48. The van der Waals surface area contributed by atoms with Crippen LogP contribution >= 0.6 is 11.6 Å². The molecule has 1 aliphatic rings. The molecule has 1 fully saturated rings. The van der Waals surface area contributed by atoms with Gasteiger partial charge in [0, 0.05) is 10.6 Å². The van der Waals surface area contributed by atoms with Crippen LogP contribution in [0, 0.1) is 12.8 Å². The molecule has 1 amide bonds. The van der Waals surface area contributed by atoms with Crippen molar-refractivity contribution in [2.45, 2.75) is 25.8 Å². The summed E-state index contributed by atoms with van der Waals surface area (Å²) in [7, 11) is 0. The predicted octanol–water partition coefficient (Wildman–Crippen LogP) is 1.90. The summed E-state index contributed by atoms with van der Waals surface area (Å²) in [5.74, 6) is 0.0174. The van der Waals surface area contributed by atoms with Crippen LogP contribution in [-0.2, 0) is 0 Å². The Bertz CT molecular complexity index is 506. The fourth-order valence-corrected chi connectivity index (χ4v) is 2.31. The molecule has 6 heteroatoms. The number of rotatable bonds is 4. The quantitative estimate of drug-likeness (QED) is 0.341. The van der Waals surface area contributed by atoms with Crippen molar-refractivity contribution >= 4 is 23.3 Å². The van der Waals surface area contributed by atoms with Crippen LogP contribution in [0.2, 0.25) is 5.02 Å². The van der Waals surface area contributed by atoms with Crippen LogP contribution < -0.4 is 11.1 Å². The summed E-state index contributed by atoms with van der Waals surface area (Å²) in [6.45, 7) is 1.87. The van der Waals surface area contributed by atoms with Crippen molar-refractivity contribution in [3.63, 3.8) is 0 Å². The molecule has 4 N–H and O–H groups in total. The van der Waals surface area contributed by atoms with Crippen LogP contribution in [0.1, 0.15) is 28.8 Å². The van der Waals surface area contributed by atoms with Gasteiger partial charge in [0.25, 0.3) is 5.91 Å². The van der Waals surface area contributed by atoms with Gasteiger partial charge in [-0.2, -0.15) is 0 Å². The van der Waals surface area contributed by atoms with Gasteiger partial charge in [0.1, 0.15) is 0 Å². The monoisotopic (exact) mass is 281 g/mol. The van der Waals surface area contributed by atoms with Crippen molar-refractivity contribution in [3.05, 3.63) is 34.3 Å². The Morgan fingerprint density at radius 2 is 2.21 bits per heavy atom. The van der Waals surface area contributed by atoms with Gasteiger partial charge in [-0.15, -0.1) is 0 Å². The van der Waals surface area contributed by atoms with Crippen LogP contribution in [-0.4, -0.2) is 23.0 Å². The standard InChI is InChI=1S/C13H16ClN3O2/c1-7-4-9(6-10(14)5-7)13(18)16-11(8-2-3-8)12(15)17-19/h4-6,8,11,19H,2-3H2,1H3,(H2,15,17)(H,16,18). The van der Waals surface area contributed by atoms with Crippen LogP contribution in [0.3, 0.4) is 0 Å². The fraction of sp³-hybridized carbons (Fsp3) is 0.385. The molecule has 2 rings (SSSR count). The van der Waals surface area contributed by atoms with E-state index in [1.54, 1.807) is 18.2 Å². The Balaban J connectivity index is 2.15. The van der Waals surface area contributed by atoms with Gasteiger partial charge in [0.05, 0.1) is 6.04 Å². The molecule has 1 aliphatic carbocycles. The highest BCUT2D eigenvalue weighted by atomic mass is 35.5. The molecule has 0 spiro atoms. The van der Waals surface area contributed by atoms with Gasteiger partial charge >= 0.3 is 0 Å². The van der Waals surface area contributed by atoms with Gasteiger partial charge in [-0.3, -0.25) is 4.79 Å². The normalized spacial score (nSPS) is 17.1. The van der Waals surface area contributed by atoms with E-state index in [2.05, 4.69) is 10.5 Å². The van der Waals surface area contributed by atoms with E-state index in [0.29, 0.717) is 10.6 Å². The lowest BCUT2D eigenvalue weighted by Crippen LogP contribution is -2.46. The van der Waals surface area contributed by atoms with Crippen LogP contribution in [0.15, 0.2) is 23.4 Å². The highest BCUT2D eigenvalue weighted by molar-refractivity contribution is 6.31. The van der Waals surface area contributed by atoms with E-state index in [0.717, 1.165) is 18.4 Å². The van der Waals surface area contributed by atoms with Crippen molar-refractivity contribution in [1.82, 2.24) is 5.32 Å². The number of carbonyl (C=O) groups excluding carboxylic acids is 1. The van der Waals surface area contributed by atoms with E-state index >= 15 is 0 Å². The number of hydrogen-bond donors (Lipinski definition) is 3. The average molecular weight is 282 g/mol. The largest absolute Gasteiger partial charge is 0.409 e. The summed E-state index contributed by atoms with van der Waals surface area (Å²) in [5.41, 5.74) is 6.98. The minimum Gasteiger partial charge on any atom is -0.409 e. The molecule has 1 aromatic rings. The summed E-state index contributed by atoms with van der Waals surface area (Å²) in [6, 6.07) is 4.70. The molecule has 1 unspecified atom stereocenters. The lowest BCUT2D eigenvalue weighted by molar-refractivity contribution is 0.0943. The lowest BCUT2D eigenvalue weighted by Gasteiger charge is -2.17. The molecule has 1 atom stereocenters. The van der Waals surface area contributed by atoms with Gasteiger partial charge in [-0.1, -0.05) is 16.8 Å². The van der Waals surface area contributed by atoms with E-state index in [4.69, 9.17) is 22.5 Å². The molecular weight excluding hydrogens is 266 g/mol. The number of benzene rings is 1. The molecule has 0 aromatic heterocycles. The zero-order valence-corrected chi connectivity index (χ0v) is 11.3. The number of carbonyl (C=O) groups is 1. The smallest absolute Gasteiger partial charge is 0.251 e. The van der Waals surface area contributed by atoms with Crippen molar-refractivity contribution in [2.24, 2.45) is 16.8 Å². The SMILES string of the molecule is Cc1cc(Cl)cc(C(=O)NC(/C(N)=N/O)C2CC2)c1. The first-order valence-electron chi connectivity index (χ1n) is 6.06. The first-order valence-corrected chi connectivity index (χ1v) is 6.44. The van der Waals surface area contributed by atoms with Gasteiger partial charge in [0.15, 0.2) is 5.84 Å². The first kappa shape index (κ1) is 13.7. The molecule has 0 radical (unpaired) electrons. The number of hydrogen-bond acceptors (Lipinski definition) is 3. The van der Waals surface area contributed by atoms with Gasteiger partial charge < -0.3 is 16.3 Å². The Labute approximate surface area is 116 Å². The molecule has 0 bridgehead atoms. The molecule has 102 valence electrons. The number of oxime groups is 1. The van der Waals surface area contributed by atoms with Crippen molar-refractivity contribution < 1.29 is 10.0 Å². The predicted molar refractivity (Wildman–Crippen MR) is 73.6 cm³/mol. The summed E-state index contributed by atoms with van der Waals surface area (Å²) in [4.78, 5) is 12.2. The Kier molecular flexibility index (Phi) is 3.95. The maximum absolute atomic E-state index is 12.2. The maximum Gasteiger partial charge on any atom is 0.251 e. The van der Waals surface area contributed by atoms with Crippen LogP contribution in [0.4, 0.5) is 0 Å². The number of halogens is 1. The lowest BCUT2D eigenvalue weighted by atomic mass is 10.1. The molecule has 0 aliphatic heterocycles. The van der Waals surface area contributed by atoms with E-state index in [1.165, 1.54) is 0 Å². The number of amidine groups is 1. The number of amides is 1. The third-order valence-corrected chi connectivity index (χ3v) is 3.34. The van der Waals surface area contributed by atoms with E-state index < -0.39 is 6.04 Å². The maximum atomic E-state index is 12.2. The third-order valence-electron chi connectivity index (χ3n) is 3.12. The topological polar surface area (TPSA) is 87.7 Å². The van der Waals surface area contributed by atoms with Crippen LogP contribution in [0.25, 0.3) is 0 Å². The summed E-state index contributed by atoms with van der Waals surface area (Å²) < 4.78 is 0. The van der Waals surface area contributed by atoms with Gasteiger partial charge in [-0.25, -0.2) is 0 Å². The Morgan fingerprint density at radius 3 is 2.74 bits per heavy atom. The van der Waals surface area contributed by atoms with E-state index in [9.17, 15) is 4.79 Å². The zero-order valence-electron chi connectivity index (χ0n) is 10.6. The van der Waals surface area contributed by atoms with E-state index in [1.807, 2.05) is 6.92 Å². The van der Waals surface area contributed by atoms with Gasteiger partial charge in [0.2, 0.25) is 0 Å². The summed E-state index contributed by atoms with van der Waals surface area (Å²) in [6.07, 6.45) is 1.94. The molecule has 19 heavy (non-hydrogen) atoms. The minimum absolute atomic E-state index is 0.0367. The second-order valence-corrected chi connectivity index (χ2v) is 5.27. The molecule has 0 saturated heterocycles. The average Bonchev–Trinajstić information content (AvgIpc) is 3.17. The Hall–Kier alpha value is -1.75. The fourth-order valence-electron chi connectivity index (χ4n) is 2.02. The highest BCUT2D eigenvalue weighted by Gasteiger charge is 2.35. The van der Waals surface area contributed by atoms with Crippen molar-refractivity contribution in [1.29, 1.82) is 0 Å². The van der Waals surface area contributed by atoms with Crippen molar-refractivity contribution in [3.8, 4) is 0 Å². The number of nitrogens with two attached hydrogens (primary N) is 1. The molecule has 5 nitrogen and oxygen atoms in total. The molecule has 0 heterocycles. The molecular formula is C13H16ClN3O2. The minimum atomic E-state index is -0.420. The number of nitrogens with one attached hydrogen (secondary N) is 1. The van der Waals surface area contributed by atoms with Gasteiger partial charge in [-0.05, 0) is 49.4 Å². The number of nitrogens with zero attached hydrogens (tertiary/aromatic N) is 1. The zero-order chi connectivity index (χ0) is 14.0. The third kappa shape index (κ3) is 3.38. The summed E-state index contributed by atoms with van der Waals surface area (Å²) in [5, 5.41) is 15.0.